The Morgan fingerprint density at radius 1 is 0.724 bits per heavy atom. The molecule has 3 aromatic carbocycles. The van der Waals surface area contributed by atoms with E-state index in [1.165, 1.54) is 30.3 Å². The van der Waals surface area contributed by atoms with Gasteiger partial charge in [0.2, 0.25) is 0 Å². The minimum atomic E-state index is -5.02. The molecule has 3 N–H and O–H groups in total. The molecule has 0 aromatic heterocycles. The van der Waals surface area contributed by atoms with Crippen LogP contribution in [0.2, 0.25) is 20.1 Å². The molecule has 5 nitrogen and oxygen atoms in total. The number of aromatic hydroxyl groups is 2. The number of rotatable bonds is 4. The van der Waals surface area contributed by atoms with Gasteiger partial charge in [0.15, 0.2) is 16.2 Å². The number of hydrogen-bond acceptors (Lipinski definition) is 4. The zero-order valence-electron chi connectivity index (χ0n) is 14.3. The SMILES string of the molecule is O=S(=O)(O)C(c1ccccc1)(c1ccc(Cl)c(Cl)c1)c1cc(Cl)c(O)c(O)c1Cl. The minimum Gasteiger partial charge on any atom is -0.503 e. The summed E-state index contributed by atoms with van der Waals surface area (Å²) in [6, 6.07) is 12.7. The Balaban J connectivity index is 2.60. The van der Waals surface area contributed by atoms with Crippen molar-refractivity contribution in [2.45, 2.75) is 4.75 Å². The fourth-order valence-electron chi connectivity index (χ4n) is 3.16. The van der Waals surface area contributed by atoms with Crippen molar-refractivity contribution in [2.24, 2.45) is 0 Å². The van der Waals surface area contributed by atoms with Crippen LogP contribution in [0, 0.1) is 0 Å². The number of hydrogen-bond donors (Lipinski definition) is 3. The first-order valence-corrected chi connectivity index (χ1v) is 10.9. The quantitative estimate of drug-likeness (QED) is 0.239. The van der Waals surface area contributed by atoms with Gasteiger partial charge in [-0.2, -0.15) is 8.42 Å². The van der Waals surface area contributed by atoms with Crippen molar-refractivity contribution in [1.29, 1.82) is 0 Å². The maximum atomic E-state index is 12.9. The van der Waals surface area contributed by atoms with E-state index in [0.29, 0.717) is 0 Å². The third-order valence-corrected chi connectivity index (χ3v) is 7.31. The van der Waals surface area contributed by atoms with E-state index in [9.17, 15) is 23.2 Å². The van der Waals surface area contributed by atoms with Crippen molar-refractivity contribution in [3.05, 3.63) is 91.4 Å². The molecule has 0 amide bonds. The summed E-state index contributed by atoms with van der Waals surface area (Å²) >= 11 is 24.3. The van der Waals surface area contributed by atoms with Gasteiger partial charge in [0.1, 0.15) is 0 Å². The van der Waals surface area contributed by atoms with Crippen LogP contribution in [0.5, 0.6) is 11.5 Å². The van der Waals surface area contributed by atoms with Crippen LogP contribution in [-0.4, -0.2) is 23.2 Å². The van der Waals surface area contributed by atoms with Crippen LogP contribution in [0.4, 0.5) is 0 Å². The van der Waals surface area contributed by atoms with E-state index in [4.69, 9.17) is 46.4 Å². The highest BCUT2D eigenvalue weighted by atomic mass is 35.5. The molecule has 0 saturated heterocycles. The Hall–Kier alpha value is -1.67. The van der Waals surface area contributed by atoms with Gasteiger partial charge in [-0.1, -0.05) is 82.8 Å². The average Bonchev–Trinajstić information content (AvgIpc) is 2.67. The van der Waals surface area contributed by atoms with Crippen LogP contribution in [-0.2, 0) is 14.9 Å². The van der Waals surface area contributed by atoms with Gasteiger partial charge in [-0.05, 0) is 29.3 Å². The molecule has 3 aromatic rings. The Bertz CT molecular complexity index is 1200. The molecule has 0 aliphatic rings. The van der Waals surface area contributed by atoms with Gasteiger partial charge in [-0.25, -0.2) is 0 Å². The van der Waals surface area contributed by atoms with Gasteiger partial charge in [0.05, 0.1) is 20.1 Å². The first kappa shape index (κ1) is 22.0. The molecular formula is C19H12Cl4O5S. The molecule has 0 heterocycles. The topological polar surface area (TPSA) is 94.8 Å². The lowest BCUT2D eigenvalue weighted by Gasteiger charge is -2.33. The minimum absolute atomic E-state index is 0.0105. The Morgan fingerprint density at radius 2 is 1.34 bits per heavy atom. The van der Waals surface area contributed by atoms with Gasteiger partial charge in [-0.3, -0.25) is 4.55 Å². The van der Waals surface area contributed by atoms with Gasteiger partial charge < -0.3 is 10.2 Å². The third kappa shape index (κ3) is 3.54. The fraction of sp³-hybridized carbons (Fsp3) is 0.0526. The molecule has 3 rings (SSSR count). The molecule has 0 radical (unpaired) electrons. The van der Waals surface area contributed by atoms with Crippen LogP contribution in [0.3, 0.4) is 0 Å². The first-order chi connectivity index (χ1) is 13.5. The predicted molar refractivity (Wildman–Crippen MR) is 114 cm³/mol. The highest BCUT2D eigenvalue weighted by molar-refractivity contribution is 7.87. The third-order valence-electron chi connectivity index (χ3n) is 4.44. The zero-order valence-corrected chi connectivity index (χ0v) is 18.1. The van der Waals surface area contributed by atoms with E-state index in [-0.39, 0.29) is 31.8 Å². The average molecular weight is 494 g/mol. The summed E-state index contributed by atoms with van der Waals surface area (Å²) in [6.45, 7) is 0. The molecule has 1 atom stereocenters. The van der Waals surface area contributed by atoms with Crippen molar-refractivity contribution in [2.75, 3.05) is 0 Å². The summed E-state index contributed by atoms with van der Waals surface area (Å²) in [5.41, 5.74) is -0.209. The second-order valence-electron chi connectivity index (χ2n) is 6.07. The fourth-order valence-corrected chi connectivity index (χ4v) is 5.30. The highest BCUT2D eigenvalue weighted by Crippen LogP contribution is 2.52. The molecule has 0 aliphatic heterocycles. The normalized spacial score (nSPS) is 13.8. The van der Waals surface area contributed by atoms with Crippen molar-refractivity contribution in [3.8, 4) is 11.5 Å². The molecule has 0 spiro atoms. The molecule has 0 aliphatic carbocycles. The van der Waals surface area contributed by atoms with E-state index >= 15 is 0 Å². The zero-order chi connectivity index (χ0) is 21.6. The molecule has 0 saturated carbocycles. The summed E-state index contributed by atoms with van der Waals surface area (Å²) < 4.78 is 34.0. The van der Waals surface area contributed by atoms with E-state index in [1.807, 2.05) is 0 Å². The smallest absolute Gasteiger partial charge is 0.283 e. The van der Waals surface area contributed by atoms with Crippen molar-refractivity contribution >= 4 is 56.5 Å². The van der Waals surface area contributed by atoms with E-state index in [2.05, 4.69) is 0 Å². The van der Waals surface area contributed by atoms with Gasteiger partial charge >= 0.3 is 0 Å². The van der Waals surface area contributed by atoms with Crippen LogP contribution in [0.15, 0.2) is 54.6 Å². The lowest BCUT2D eigenvalue weighted by molar-refractivity contribution is 0.402. The van der Waals surface area contributed by atoms with Crippen molar-refractivity contribution in [1.82, 2.24) is 0 Å². The number of halogens is 4. The second kappa shape index (κ2) is 7.87. The maximum absolute atomic E-state index is 12.9. The summed E-state index contributed by atoms with van der Waals surface area (Å²) in [5.74, 6) is -1.56. The standard InChI is InChI=1S/C19H12Cl4O5S/c20-13-7-6-11(8-14(13)21)19(29(26,27)28,10-4-2-1-3-5-10)12-9-15(22)17(24)18(25)16(12)23/h1-9,24-25H,(H,26,27,28). The molecular weight excluding hydrogens is 482 g/mol. The van der Waals surface area contributed by atoms with E-state index < -0.39 is 31.4 Å². The molecule has 10 heteroatoms. The monoisotopic (exact) mass is 492 g/mol. The number of phenols is 2. The van der Waals surface area contributed by atoms with Gasteiger partial charge in [0.25, 0.3) is 10.1 Å². The van der Waals surface area contributed by atoms with Gasteiger partial charge in [-0.15, -0.1) is 0 Å². The number of benzene rings is 3. The van der Waals surface area contributed by atoms with Crippen molar-refractivity contribution < 1.29 is 23.2 Å². The Morgan fingerprint density at radius 3 is 1.90 bits per heavy atom. The van der Waals surface area contributed by atoms with Crippen LogP contribution < -0.4 is 0 Å². The largest absolute Gasteiger partial charge is 0.503 e. The Kier molecular flexibility index (Phi) is 5.98. The van der Waals surface area contributed by atoms with Crippen LogP contribution in [0.25, 0.3) is 0 Å². The summed E-state index contributed by atoms with van der Waals surface area (Å²) in [7, 11) is -5.02. The molecule has 29 heavy (non-hydrogen) atoms. The maximum Gasteiger partial charge on any atom is 0.283 e. The molecule has 152 valence electrons. The Labute approximate surface area is 186 Å². The van der Waals surface area contributed by atoms with E-state index in [1.54, 1.807) is 18.2 Å². The summed E-state index contributed by atoms with van der Waals surface area (Å²) in [6.07, 6.45) is 0. The van der Waals surface area contributed by atoms with Gasteiger partial charge in [0, 0.05) is 5.56 Å². The summed E-state index contributed by atoms with van der Waals surface area (Å²) in [5, 5.41) is 19.4. The first-order valence-electron chi connectivity index (χ1n) is 7.90. The lowest BCUT2D eigenvalue weighted by atomic mass is 9.83. The molecule has 0 fully saturated rings. The highest BCUT2D eigenvalue weighted by Gasteiger charge is 2.50. The number of phenolic OH excluding ortho intramolecular Hbond substituents is 2. The summed E-state index contributed by atoms with van der Waals surface area (Å²) in [4.78, 5) is 0. The van der Waals surface area contributed by atoms with Crippen LogP contribution in [0.1, 0.15) is 16.7 Å². The lowest BCUT2D eigenvalue weighted by Crippen LogP contribution is -2.38. The van der Waals surface area contributed by atoms with E-state index in [0.717, 1.165) is 6.07 Å². The second-order valence-corrected chi connectivity index (χ2v) is 9.23. The van der Waals surface area contributed by atoms with Crippen molar-refractivity contribution in [3.63, 3.8) is 0 Å². The van der Waals surface area contributed by atoms with Crippen LogP contribution >= 0.6 is 46.4 Å². The molecule has 0 bridgehead atoms. The predicted octanol–water partition coefficient (Wildman–Crippen LogP) is 5.89. The molecule has 1 unspecified atom stereocenters.